The molecule has 76 heavy (non-hydrogen) atoms. The number of carbonyl (C=O) groups is 3. The van der Waals surface area contributed by atoms with Crippen molar-refractivity contribution in [3.8, 4) is 0 Å². The Labute approximate surface area is 469 Å². The third-order valence-corrected chi connectivity index (χ3v) is 13.2. The predicted molar refractivity (Wildman–Crippen MR) is 330 cm³/mol. The minimum Gasteiger partial charge on any atom is -0.462 e. The molecule has 0 heterocycles. The summed E-state index contributed by atoms with van der Waals surface area (Å²) in [5.74, 6) is -0.909. The molecule has 0 N–H and O–H groups in total. The fourth-order valence-corrected chi connectivity index (χ4v) is 8.49. The zero-order valence-corrected chi connectivity index (χ0v) is 49.5. The molecule has 6 heteroatoms. The molecule has 0 saturated carbocycles. The van der Waals surface area contributed by atoms with Gasteiger partial charge in [-0.2, -0.15) is 0 Å². The summed E-state index contributed by atoms with van der Waals surface area (Å²) in [6.45, 7) is 6.47. The van der Waals surface area contributed by atoms with Crippen molar-refractivity contribution in [2.75, 3.05) is 13.2 Å². The molecule has 6 nitrogen and oxygen atoms in total. The zero-order valence-electron chi connectivity index (χ0n) is 49.5. The summed E-state index contributed by atoms with van der Waals surface area (Å²) in [5, 5.41) is 0. The van der Waals surface area contributed by atoms with E-state index in [9.17, 15) is 14.4 Å². The van der Waals surface area contributed by atoms with Crippen LogP contribution in [-0.4, -0.2) is 37.2 Å². The van der Waals surface area contributed by atoms with Gasteiger partial charge >= 0.3 is 17.9 Å². The normalized spacial score (nSPS) is 12.9. The van der Waals surface area contributed by atoms with Gasteiger partial charge in [-0.3, -0.25) is 14.4 Å². The van der Waals surface area contributed by atoms with Crippen LogP contribution in [-0.2, 0) is 28.6 Å². The summed E-state index contributed by atoms with van der Waals surface area (Å²) in [4.78, 5) is 38.0. The quantitative estimate of drug-likeness (QED) is 0.0261. The second kappa shape index (κ2) is 63.3. The van der Waals surface area contributed by atoms with Crippen LogP contribution in [0.1, 0.15) is 284 Å². The predicted octanol–water partition coefficient (Wildman–Crippen LogP) is 21.6. The van der Waals surface area contributed by atoms with Gasteiger partial charge in [0.2, 0.25) is 0 Å². The molecule has 0 fully saturated rings. The minimum atomic E-state index is -0.786. The van der Waals surface area contributed by atoms with Crippen molar-refractivity contribution < 1.29 is 28.6 Å². The van der Waals surface area contributed by atoms with Crippen molar-refractivity contribution in [1.82, 2.24) is 0 Å². The Bertz CT molecular complexity index is 1590. The number of hydrogen-bond acceptors (Lipinski definition) is 6. The molecule has 0 aromatic rings. The molecular weight excluding hydrogens is 937 g/mol. The molecule has 0 aromatic heterocycles. The first-order valence-corrected chi connectivity index (χ1v) is 31.5. The Kier molecular flexibility index (Phi) is 59.9. The summed E-state index contributed by atoms with van der Waals surface area (Å²) in [5.41, 5.74) is 0. The van der Waals surface area contributed by atoms with Crippen LogP contribution in [0.3, 0.4) is 0 Å². The molecule has 1 atom stereocenters. The van der Waals surface area contributed by atoms with Crippen molar-refractivity contribution in [3.05, 3.63) is 122 Å². The van der Waals surface area contributed by atoms with Crippen LogP contribution in [0.25, 0.3) is 0 Å². The zero-order chi connectivity index (χ0) is 55.0. The first-order chi connectivity index (χ1) is 37.5. The van der Waals surface area contributed by atoms with E-state index >= 15 is 0 Å². The topological polar surface area (TPSA) is 78.9 Å². The molecular formula is C70H116O6. The van der Waals surface area contributed by atoms with Crippen LogP contribution in [0.15, 0.2) is 122 Å². The van der Waals surface area contributed by atoms with E-state index in [4.69, 9.17) is 14.2 Å². The van der Waals surface area contributed by atoms with Crippen molar-refractivity contribution in [2.45, 2.75) is 290 Å². The smallest absolute Gasteiger partial charge is 0.306 e. The van der Waals surface area contributed by atoms with Gasteiger partial charge in [-0.1, -0.05) is 271 Å². The van der Waals surface area contributed by atoms with Gasteiger partial charge in [-0.05, 0) is 116 Å². The van der Waals surface area contributed by atoms with E-state index in [0.29, 0.717) is 19.3 Å². The van der Waals surface area contributed by atoms with Gasteiger partial charge in [0, 0.05) is 19.3 Å². The maximum Gasteiger partial charge on any atom is 0.306 e. The van der Waals surface area contributed by atoms with Crippen LogP contribution < -0.4 is 0 Å². The van der Waals surface area contributed by atoms with Crippen LogP contribution in [0.5, 0.6) is 0 Å². The number of allylic oxidation sites excluding steroid dienone is 20. The molecule has 0 aromatic carbocycles. The Morgan fingerprint density at radius 3 is 0.816 bits per heavy atom. The molecule has 432 valence electrons. The van der Waals surface area contributed by atoms with Crippen molar-refractivity contribution in [1.29, 1.82) is 0 Å². The summed E-state index contributed by atoms with van der Waals surface area (Å²) >= 11 is 0. The Hall–Kier alpha value is -4.19. The molecule has 0 aliphatic rings. The average Bonchev–Trinajstić information content (AvgIpc) is 3.42. The molecule has 0 radical (unpaired) electrons. The monoisotopic (exact) mass is 1050 g/mol. The lowest BCUT2D eigenvalue weighted by Gasteiger charge is -2.18. The number of ether oxygens (including phenoxy) is 3. The van der Waals surface area contributed by atoms with Gasteiger partial charge in [-0.15, -0.1) is 0 Å². The van der Waals surface area contributed by atoms with Crippen LogP contribution in [0.4, 0.5) is 0 Å². The maximum absolute atomic E-state index is 12.8. The van der Waals surface area contributed by atoms with E-state index < -0.39 is 6.10 Å². The second-order valence-corrected chi connectivity index (χ2v) is 20.6. The summed E-state index contributed by atoms with van der Waals surface area (Å²) in [6, 6.07) is 0. The molecule has 0 saturated heterocycles. The van der Waals surface area contributed by atoms with Crippen molar-refractivity contribution >= 4 is 17.9 Å². The summed E-state index contributed by atoms with van der Waals surface area (Å²) in [6.07, 6.45) is 88.0. The average molecular weight is 1050 g/mol. The molecule has 0 aliphatic carbocycles. The van der Waals surface area contributed by atoms with Gasteiger partial charge in [0.15, 0.2) is 6.10 Å². The summed E-state index contributed by atoms with van der Waals surface area (Å²) < 4.78 is 16.8. The highest BCUT2D eigenvalue weighted by Crippen LogP contribution is 2.15. The number of hydrogen-bond donors (Lipinski definition) is 0. The van der Waals surface area contributed by atoms with Crippen LogP contribution >= 0.6 is 0 Å². The number of unbranched alkanes of at least 4 members (excludes halogenated alkanes) is 25. The first-order valence-electron chi connectivity index (χ1n) is 31.5. The number of rotatable bonds is 56. The van der Waals surface area contributed by atoms with Crippen molar-refractivity contribution in [2.24, 2.45) is 0 Å². The summed E-state index contributed by atoms with van der Waals surface area (Å²) in [7, 11) is 0. The maximum atomic E-state index is 12.8. The molecule has 0 aliphatic heterocycles. The number of carbonyl (C=O) groups excluding carboxylic acids is 3. The van der Waals surface area contributed by atoms with E-state index in [1.807, 2.05) is 0 Å². The van der Waals surface area contributed by atoms with Gasteiger partial charge in [-0.25, -0.2) is 0 Å². The number of esters is 3. The van der Waals surface area contributed by atoms with E-state index in [0.717, 1.165) is 135 Å². The fraction of sp³-hybridized carbons (Fsp3) is 0.671. The van der Waals surface area contributed by atoms with Gasteiger partial charge < -0.3 is 14.2 Å². The largest absolute Gasteiger partial charge is 0.462 e. The fourth-order valence-electron chi connectivity index (χ4n) is 8.49. The third kappa shape index (κ3) is 60.7. The highest BCUT2D eigenvalue weighted by Gasteiger charge is 2.19. The molecule has 1 unspecified atom stereocenters. The Morgan fingerprint density at radius 2 is 0.513 bits per heavy atom. The Morgan fingerprint density at radius 1 is 0.276 bits per heavy atom. The lowest BCUT2D eigenvalue weighted by Crippen LogP contribution is -2.30. The molecule has 0 rings (SSSR count). The molecule has 0 bridgehead atoms. The molecule has 0 spiro atoms. The SMILES string of the molecule is CC/C=C\C/C=C\C/C=C\C/C=C\C/C=C\C/C=C\C/C=C\C/C=C\C/C=C\CCCCCCCCCC(=O)OCC(COC(=O)CCCCCCCCC)OC(=O)CCCCCCC/C=C\CCCCCCCCC. The van der Waals surface area contributed by atoms with E-state index in [1.54, 1.807) is 0 Å². The van der Waals surface area contributed by atoms with E-state index in [-0.39, 0.29) is 31.1 Å². The van der Waals surface area contributed by atoms with E-state index in [1.165, 1.54) is 109 Å². The lowest BCUT2D eigenvalue weighted by atomic mass is 10.1. The second-order valence-electron chi connectivity index (χ2n) is 20.6. The highest BCUT2D eigenvalue weighted by atomic mass is 16.6. The minimum absolute atomic E-state index is 0.0845. The first kappa shape index (κ1) is 71.8. The van der Waals surface area contributed by atoms with E-state index in [2.05, 4.69) is 142 Å². The van der Waals surface area contributed by atoms with Crippen LogP contribution in [0.2, 0.25) is 0 Å². The van der Waals surface area contributed by atoms with Gasteiger partial charge in [0.1, 0.15) is 13.2 Å². The van der Waals surface area contributed by atoms with Crippen molar-refractivity contribution in [3.63, 3.8) is 0 Å². The standard InChI is InChI=1S/C70H116O6/c1-4-7-10-13-16-18-20-22-24-26-27-28-29-30-31-32-33-34-35-36-37-38-39-40-41-42-43-44-46-47-49-51-54-57-60-63-69(72)75-66-67(65-74-68(71)62-59-56-53-15-12-9-6-3)76-70(73)64-61-58-55-52-50-48-45-25-23-21-19-17-14-11-8-5-2/h7,10,16,18,22,24-25,27-28,30-31,33-34,36-37,39-40,42-43,45,67H,4-6,8-9,11-15,17,19-21,23,26,29,32,35,38,41,44,46-66H2,1-3H3/b10-7-,18-16-,24-22-,28-27-,31-30-,34-33-,37-36-,40-39-,43-42-,45-25-. The molecule has 0 amide bonds. The Balaban J connectivity index is 4.15. The van der Waals surface area contributed by atoms with Gasteiger partial charge in [0.25, 0.3) is 0 Å². The van der Waals surface area contributed by atoms with Gasteiger partial charge in [0.05, 0.1) is 0 Å². The lowest BCUT2D eigenvalue weighted by molar-refractivity contribution is -0.167. The van der Waals surface area contributed by atoms with Crippen LogP contribution in [0, 0.1) is 0 Å². The highest BCUT2D eigenvalue weighted by molar-refractivity contribution is 5.71. The third-order valence-electron chi connectivity index (χ3n) is 13.2.